The van der Waals surface area contributed by atoms with Gasteiger partial charge in [0.25, 0.3) is 0 Å². The normalized spacial score (nSPS) is 18.1. The standard InChI is InChI=1S/C14H16ClN5O/c15-11-5-3-10(4-6-11)12-2-1-9-20(12)14(21)8-7-13-16-18-19-17-13/h3-6,12H,1-2,7-9H2,(H,16,17,18,19). The van der Waals surface area contributed by atoms with E-state index in [4.69, 9.17) is 11.6 Å². The lowest BCUT2D eigenvalue weighted by atomic mass is 10.0. The molecule has 0 radical (unpaired) electrons. The highest BCUT2D eigenvalue weighted by Gasteiger charge is 2.29. The fourth-order valence-electron chi connectivity index (χ4n) is 2.75. The van der Waals surface area contributed by atoms with Crippen LogP contribution in [0.1, 0.15) is 36.7 Å². The molecule has 1 aliphatic rings. The van der Waals surface area contributed by atoms with Crippen molar-refractivity contribution in [3.63, 3.8) is 0 Å². The molecule has 21 heavy (non-hydrogen) atoms. The molecule has 110 valence electrons. The molecule has 1 saturated heterocycles. The van der Waals surface area contributed by atoms with Gasteiger partial charge in [0, 0.05) is 24.4 Å². The first-order valence-corrected chi connectivity index (χ1v) is 7.39. The number of aryl methyl sites for hydroxylation is 1. The molecule has 2 aromatic rings. The van der Waals surface area contributed by atoms with E-state index < -0.39 is 0 Å². The van der Waals surface area contributed by atoms with E-state index in [-0.39, 0.29) is 11.9 Å². The van der Waals surface area contributed by atoms with Gasteiger partial charge in [0.1, 0.15) is 0 Å². The van der Waals surface area contributed by atoms with Gasteiger partial charge in [0.15, 0.2) is 5.82 Å². The second-order valence-corrected chi connectivity index (χ2v) is 5.56. The molecule has 3 rings (SSSR count). The zero-order chi connectivity index (χ0) is 14.7. The van der Waals surface area contributed by atoms with Crippen molar-refractivity contribution in [2.75, 3.05) is 6.54 Å². The van der Waals surface area contributed by atoms with E-state index in [2.05, 4.69) is 20.6 Å². The predicted octanol–water partition coefficient (Wildman–Crippen LogP) is 2.15. The van der Waals surface area contributed by atoms with Crippen molar-refractivity contribution in [1.82, 2.24) is 25.5 Å². The molecule has 0 aliphatic carbocycles. The number of hydrogen-bond acceptors (Lipinski definition) is 4. The van der Waals surface area contributed by atoms with Crippen molar-refractivity contribution in [3.8, 4) is 0 Å². The Balaban J connectivity index is 1.65. The molecule has 1 N–H and O–H groups in total. The van der Waals surface area contributed by atoms with E-state index in [1.807, 2.05) is 29.2 Å². The summed E-state index contributed by atoms with van der Waals surface area (Å²) in [6.45, 7) is 0.804. The lowest BCUT2D eigenvalue weighted by Crippen LogP contribution is -2.30. The number of rotatable bonds is 4. The van der Waals surface area contributed by atoms with Crippen LogP contribution in [0.15, 0.2) is 24.3 Å². The molecule has 1 fully saturated rings. The lowest BCUT2D eigenvalue weighted by molar-refractivity contribution is -0.132. The van der Waals surface area contributed by atoms with Crippen LogP contribution in [0.5, 0.6) is 0 Å². The van der Waals surface area contributed by atoms with Gasteiger partial charge in [-0.3, -0.25) is 4.79 Å². The van der Waals surface area contributed by atoms with Crippen LogP contribution in [-0.4, -0.2) is 38.0 Å². The van der Waals surface area contributed by atoms with E-state index in [1.54, 1.807) is 0 Å². The quantitative estimate of drug-likeness (QED) is 0.939. The van der Waals surface area contributed by atoms with Crippen molar-refractivity contribution in [1.29, 1.82) is 0 Å². The highest BCUT2D eigenvalue weighted by atomic mass is 35.5. The van der Waals surface area contributed by atoms with Crippen LogP contribution in [0.3, 0.4) is 0 Å². The van der Waals surface area contributed by atoms with Crippen molar-refractivity contribution in [2.45, 2.75) is 31.7 Å². The van der Waals surface area contributed by atoms with Crippen LogP contribution in [-0.2, 0) is 11.2 Å². The number of halogens is 1. The maximum atomic E-state index is 12.4. The topological polar surface area (TPSA) is 74.8 Å². The number of tetrazole rings is 1. The number of benzene rings is 1. The fourth-order valence-corrected chi connectivity index (χ4v) is 2.87. The predicted molar refractivity (Wildman–Crippen MR) is 77.6 cm³/mol. The van der Waals surface area contributed by atoms with Crippen molar-refractivity contribution in [2.24, 2.45) is 0 Å². The summed E-state index contributed by atoms with van der Waals surface area (Å²) in [5.74, 6) is 0.711. The molecular weight excluding hydrogens is 290 g/mol. The largest absolute Gasteiger partial charge is 0.336 e. The van der Waals surface area contributed by atoms with E-state index in [0.29, 0.717) is 23.7 Å². The third-order valence-corrected chi connectivity index (χ3v) is 4.03. The van der Waals surface area contributed by atoms with Crippen molar-refractivity contribution >= 4 is 17.5 Å². The summed E-state index contributed by atoms with van der Waals surface area (Å²) in [4.78, 5) is 14.4. The summed E-state index contributed by atoms with van der Waals surface area (Å²) in [5, 5.41) is 14.3. The Labute approximate surface area is 127 Å². The van der Waals surface area contributed by atoms with Gasteiger partial charge in [-0.25, -0.2) is 0 Å². The molecule has 1 aliphatic heterocycles. The zero-order valence-corrected chi connectivity index (χ0v) is 12.3. The van der Waals surface area contributed by atoms with E-state index in [1.165, 1.54) is 0 Å². The average molecular weight is 306 g/mol. The number of carbonyl (C=O) groups excluding carboxylic acids is 1. The number of carbonyl (C=O) groups is 1. The summed E-state index contributed by atoms with van der Waals surface area (Å²) in [6.07, 6.45) is 2.94. The molecular formula is C14H16ClN5O. The molecule has 1 atom stereocenters. The van der Waals surface area contributed by atoms with E-state index >= 15 is 0 Å². The summed E-state index contributed by atoms with van der Waals surface area (Å²) >= 11 is 5.92. The number of nitrogens with one attached hydrogen (secondary N) is 1. The lowest BCUT2D eigenvalue weighted by Gasteiger charge is -2.25. The Kier molecular flexibility index (Phi) is 4.15. The Morgan fingerprint density at radius 1 is 1.38 bits per heavy atom. The van der Waals surface area contributed by atoms with Crippen LogP contribution in [0.4, 0.5) is 0 Å². The van der Waals surface area contributed by atoms with Crippen LogP contribution < -0.4 is 0 Å². The Hall–Kier alpha value is -1.95. The monoisotopic (exact) mass is 305 g/mol. The maximum absolute atomic E-state index is 12.4. The third kappa shape index (κ3) is 3.21. The molecule has 1 aromatic heterocycles. The van der Waals surface area contributed by atoms with E-state index in [0.717, 1.165) is 24.9 Å². The minimum atomic E-state index is 0.136. The fraction of sp³-hybridized carbons (Fsp3) is 0.429. The Bertz CT molecular complexity index is 598. The van der Waals surface area contributed by atoms with E-state index in [9.17, 15) is 4.79 Å². The highest BCUT2D eigenvalue weighted by Crippen LogP contribution is 2.32. The second kappa shape index (κ2) is 6.22. The molecule has 1 unspecified atom stereocenters. The molecule has 2 heterocycles. The first-order valence-electron chi connectivity index (χ1n) is 7.01. The van der Waals surface area contributed by atoms with Gasteiger partial charge in [-0.2, -0.15) is 5.21 Å². The molecule has 0 spiro atoms. The smallest absolute Gasteiger partial charge is 0.223 e. The maximum Gasteiger partial charge on any atom is 0.223 e. The highest BCUT2D eigenvalue weighted by molar-refractivity contribution is 6.30. The van der Waals surface area contributed by atoms with Gasteiger partial charge in [-0.1, -0.05) is 28.9 Å². The minimum Gasteiger partial charge on any atom is -0.336 e. The molecule has 1 amide bonds. The number of H-pyrrole nitrogens is 1. The zero-order valence-electron chi connectivity index (χ0n) is 11.5. The SMILES string of the molecule is O=C(CCc1nn[nH]n1)N1CCCC1c1ccc(Cl)cc1. The van der Waals surface area contributed by atoms with Crippen LogP contribution >= 0.6 is 11.6 Å². The van der Waals surface area contributed by atoms with Crippen LogP contribution in [0.25, 0.3) is 0 Å². The molecule has 0 saturated carbocycles. The minimum absolute atomic E-state index is 0.136. The second-order valence-electron chi connectivity index (χ2n) is 5.12. The van der Waals surface area contributed by atoms with Gasteiger partial charge < -0.3 is 4.90 Å². The van der Waals surface area contributed by atoms with Gasteiger partial charge in [0.2, 0.25) is 5.91 Å². The van der Waals surface area contributed by atoms with Gasteiger partial charge in [-0.15, -0.1) is 10.2 Å². The van der Waals surface area contributed by atoms with Gasteiger partial charge in [0.05, 0.1) is 6.04 Å². The number of nitrogens with zero attached hydrogens (tertiary/aromatic N) is 4. The number of aromatic nitrogens is 4. The first kappa shape index (κ1) is 14.0. The van der Waals surface area contributed by atoms with Gasteiger partial charge in [-0.05, 0) is 30.5 Å². The van der Waals surface area contributed by atoms with Crippen molar-refractivity contribution < 1.29 is 4.79 Å². The Morgan fingerprint density at radius 2 is 2.19 bits per heavy atom. The van der Waals surface area contributed by atoms with Gasteiger partial charge >= 0.3 is 0 Å². The summed E-state index contributed by atoms with van der Waals surface area (Å²) < 4.78 is 0. The first-order chi connectivity index (χ1) is 10.2. The number of likely N-dealkylation sites (tertiary alicyclic amines) is 1. The molecule has 1 aromatic carbocycles. The van der Waals surface area contributed by atoms with Crippen molar-refractivity contribution in [3.05, 3.63) is 40.7 Å². The third-order valence-electron chi connectivity index (χ3n) is 3.78. The molecule has 6 nitrogen and oxygen atoms in total. The number of hydrogen-bond donors (Lipinski definition) is 1. The van der Waals surface area contributed by atoms with Crippen LogP contribution in [0.2, 0.25) is 5.02 Å². The summed E-state index contributed by atoms with van der Waals surface area (Å²) in [5.41, 5.74) is 1.14. The Morgan fingerprint density at radius 3 is 2.90 bits per heavy atom. The van der Waals surface area contributed by atoms with Crippen LogP contribution in [0, 0.1) is 0 Å². The summed E-state index contributed by atoms with van der Waals surface area (Å²) in [7, 11) is 0. The molecule has 0 bridgehead atoms. The molecule has 7 heteroatoms. The number of aromatic amines is 1. The average Bonchev–Trinajstić information content (AvgIpc) is 3.17. The number of amides is 1. The summed E-state index contributed by atoms with van der Waals surface area (Å²) in [6, 6.07) is 7.89.